The lowest BCUT2D eigenvalue weighted by molar-refractivity contribution is 0.107. The molecular weight excluding hydrogens is 587 g/mol. The first kappa shape index (κ1) is 28.2. The molecule has 6 heterocycles. The quantitative estimate of drug-likeness (QED) is 0.321. The second kappa shape index (κ2) is 10.4. The van der Waals surface area contributed by atoms with E-state index in [1.54, 1.807) is 0 Å². The maximum atomic E-state index is 16.9. The molecule has 2 aromatic heterocycles. The third kappa shape index (κ3) is 4.43. The first-order valence-corrected chi connectivity index (χ1v) is 15.2. The highest BCUT2D eigenvalue weighted by Crippen LogP contribution is 2.45. The van der Waals surface area contributed by atoms with Crippen molar-refractivity contribution in [2.45, 2.75) is 56.0 Å². The topological polar surface area (TPSA) is 104 Å². The predicted octanol–water partition coefficient (Wildman–Crippen LogP) is 4.49. The second-order valence-electron chi connectivity index (χ2n) is 12.5. The van der Waals surface area contributed by atoms with Crippen LogP contribution in [0, 0.1) is 24.0 Å². The van der Waals surface area contributed by atoms with E-state index in [0.29, 0.717) is 37.0 Å². The van der Waals surface area contributed by atoms with Crippen molar-refractivity contribution in [2.24, 2.45) is 0 Å². The fourth-order valence-corrected chi connectivity index (χ4v) is 7.67. The highest BCUT2D eigenvalue weighted by molar-refractivity contribution is 6.04. The lowest BCUT2D eigenvalue weighted by atomic mass is 9.95. The lowest BCUT2D eigenvalue weighted by Gasteiger charge is -2.37. The zero-order valence-electron chi connectivity index (χ0n) is 24.3. The van der Waals surface area contributed by atoms with Crippen molar-refractivity contribution in [3.8, 4) is 41.2 Å². The van der Waals surface area contributed by atoms with Crippen molar-refractivity contribution in [3.05, 3.63) is 41.5 Å². The maximum absolute atomic E-state index is 16.9. The van der Waals surface area contributed by atoms with E-state index in [1.807, 2.05) is 4.90 Å². The largest absolute Gasteiger partial charge is 0.508 e. The van der Waals surface area contributed by atoms with E-state index >= 15 is 4.39 Å². The number of terminal acetylenes is 1. The molecule has 8 rings (SSSR count). The molecule has 0 bridgehead atoms. The number of aliphatic hydroxyl groups excluding tert-OH is 1. The predicted molar refractivity (Wildman–Crippen MR) is 160 cm³/mol. The summed E-state index contributed by atoms with van der Waals surface area (Å²) < 4.78 is 58.6. The fraction of sp³-hybridized carbons (Fsp3) is 0.424. The number of halogens is 3. The van der Waals surface area contributed by atoms with Crippen LogP contribution in [-0.4, -0.2) is 86.8 Å². The van der Waals surface area contributed by atoms with Crippen molar-refractivity contribution in [3.63, 3.8) is 0 Å². The molecule has 4 aromatic rings. The molecule has 0 spiro atoms. The third-order valence-corrected chi connectivity index (χ3v) is 9.76. The number of aromatic nitrogens is 3. The van der Waals surface area contributed by atoms with Gasteiger partial charge in [-0.1, -0.05) is 12.0 Å². The van der Waals surface area contributed by atoms with E-state index in [2.05, 4.69) is 20.8 Å². The summed E-state index contributed by atoms with van der Waals surface area (Å²) in [5, 5.41) is 22.0. The SMILES string of the molecule is C#Cc1c(F)ccc2cc(O)cc(-c3nc4c5c(nc(OC[C@@]67CCCN6C[C@H](F)C7)nc5c3F)N3C[C@H](O)CC[C@@H]3CO4)c12. The van der Waals surface area contributed by atoms with E-state index in [1.165, 1.54) is 24.3 Å². The number of alkyl halides is 1. The van der Waals surface area contributed by atoms with Crippen LogP contribution in [0.25, 0.3) is 32.9 Å². The van der Waals surface area contributed by atoms with E-state index in [4.69, 9.17) is 20.9 Å². The van der Waals surface area contributed by atoms with E-state index in [0.717, 1.165) is 19.4 Å². The summed E-state index contributed by atoms with van der Waals surface area (Å²) in [6.07, 6.45) is 7.30. The minimum Gasteiger partial charge on any atom is -0.508 e. The number of aliphatic hydroxyl groups is 1. The summed E-state index contributed by atoms with van der Waals surface area (Å²) in [6.45, 7) is 1.70. The fourth-order valence-electron chi connectivity index (χ4n) is 7.67. The number of nitrogens with zero attached hydrogens (tertiary/aromatic N) is 5. The molecule has 12 heteroatoms. The molecule has 2 N–H and O–H groups in total. The van der Waals surface area contributed by atoms with Crippen LogP contribution >= 0.6 is 0 Å². The average molecular weight is 618 g/mol. The summed E-state index contributed by atoms with van der Waals surface area (Å²) in [4.78, 5) is 17.8. The van der Waals surface area contributed by atoms with E-state index < -0.39 is 29.4 Å². The van der Waals surface area contributed by atoms with Gasteiger partial charge in [0.25, 0.3) is 0 Å². The summed E-state index contributed by atoms with van der Waals surface area (Å²) >= 11 is 0. The molecule has 9 nitrogen and oxygen atoms in total. The number of phenolic OH excluding ortho intramolecular Hbond substituents is 1. The highest BCUT2D eigenvalue weighted by atomic mass is 19.1. The minimum atomic E-state index is -0.952. The van der Waals surface area contributed by atoms with Gasteiger partial charge in [-0.05, 0) is 55.8 Å². The second-order valence-corrected chi connectivity index (χ2v) is 12.5. The maximum Gasteiger partial charge on any atom is 0.319 e. The van der Waals surface area contributed by atoms with Crippen LogP contribution in [0.15, 0.2) is 24.3 Å². The minimum absolute atomic E-state index is 0.0543. The normalized spacial score (nSPS) is 25.9. The van der Waals surface area contributed by atoms with Gasteiger partial charge in [-0.25, -0.2) is 18.2 Å². The first-order chi connectivity index (χ1) is 21.7. The van der Waals surface area contributed by atoms with Crippen LogP contribution in [-0.2, 0) is 0 Å². The molecule has 0 unspecified atom stereocenters. The van der Waals surface area contributed by atoms with Crippen LogP contribution in [0.2, 0.25) is 0 Å². The average Bonchev–Trinajstić information content (AvgIpc) is 3.50. The summed E-state index contributed by atoms with van der Waals surface area (Å²) in [7, 11) is 0. The molecule has 0 amide bonds. The molecule has 4 aliphatic rings. The molecule has 45 heavy (non-hydrogen) atoms. The first-order valence-electron chi connectivity index (χ1n) is 15.2. The molecule has 3 fully saturated rings. The van der Waals surface area contributed by atoms with Crippen LogP contribution < -0.4 is 14.4 Å². The zero-order valence-corrected chi connectivity index (χ0v) is 24.3. The van der Waals surface area contributed by atoms with Crippen molar-refractivity contribution in [1.82, 2.24) is 19.9 Å². The van der Waals surface area contributed by atoms with E-state index in [9.17, 15) is 19.0 Å². The van der Waals surface area contributed by atoms with Crippen LogP contribution in [0.4, 0.5) is 19.0 Å². The van der Waals surface area contributed by atoms with Gasteiger partial charge < -0.3 is 24.6 Å². The molecule has 232 valence electrons. The Morgan fingerprint density at radius 1 is 1.13 bits per heavy atom. The Morgan fingerprint density at radius 2 is 2.00 bits per heavy atom. The Labute approximate surface area is 256 Å². The molecule has 2 aromatic carbocycles. The monoisotopic (exact) mass is 617 g/mol. The molecule has 4 atom stereocenters. The highest BCUT2D eigenvalue weighted by Gasteiger charge is 2.49. The van der Waals surface area contributed by atoms with Gasteiger partial charge in [-0.15, -0.1) is 6.42 Å². The van der Waals surface area contributed by atoms with Gasteiger partial charge in [0, 0.05) is 30.5 Å². The Balaban J connectivity index is 1.33. The van der Waals surface area contributed by atoms with Crippen LogP contribution in [0.3, 0.4) is 0 Å². The molecule has 0 aliphatic carbocycles. The summed E-state index contributed by atoms with van der Waals surface area (Å²) in [5.74, 6) is 0.983. The van der Waals surface area contributed by atoms with E-state index in [-0.39, 0.29) is 76.6 Å². The van der Waals surface area contributed by atoms with Crippen molar-refractivity contribution < 1.29 is 32.9 Å². The molecular formula is C33H30F3N5O4. The number of rotatable bonds is 4. The lowest BCUT2D eigenvalue weighted by Crippen LogP contribution is -2.48. The van der Waals surface area contributed by atoms with Crippen molar-refractivity contribution in [2.75, 3.05) is 37.7 Å². The van der Waals surface area contributed by atoms with Gasteiger partial charge in [0.15, 0.2) is 5.82 Å². The number of hydrogen-bond donors (Lipinski definition) is 2. The number of phenols is 1. The molecule has 0 radical (unpaired) electrons. The number of benzene rings is 2. The number of pyridine rings is 1. The van der Waals surface area contributed by atoms with Gasteiger partial charge in [-0.3, -0.25) is 4.90 Å². The van der Waals surface area contributed by atoms with Crippen LogP contribution in [0.1, 0.15) is 37.7 Å². The number of fused-ring (bicyclic) bond motifs is 4. The number of ether oxygens (including phenoxy) is 2. The van der Waals surface area contributed by atoms with Gasteiger partial charge in [-0.2, -0.15) is 9.97 Å². The number of aromatic hydroxyl groups is 1. The molecule has 4 aliphatic heterocycles. The van der Waals surface area contributed by atoms with Crippen molar-refractivity contribution in [1.29, 1.82) is 0 Å². The summed E-state index contributed by atoms with van der Waals surface area (Å²) in [6, 6.07) is 5.05. The third-order valence-electron chi connectivity index (χ3n) is 9.76. The Hall–Kier alpha value is -4.34. The van der Waals surface area contributed by atoms with Crippen molar-refractivity contribution >= 4 is 27.5 Å². The molecule has 3 saturated heterocycles. The Morgan fingerprint density at radius 3 is 2.84 bits per heavy atom. The smallest absolute Gasteiger partial charge is 0.319 e. The van der Waals surface area contributed by atoms with Gasteiger partial charge in [0.05, 0.1) is 23.2 Å². The number of anilines is 1. The number of hydrogen-bond acceptors (Lipinski definition) is 9. The Bertz CT molecular complexity index is 1920. The standard InChI is InChI=1S/C33H30F3N5O4/c1-2-22-24(35)7-4-17-10-21(43)11-23(25(17)22)28-27(36)29-26-30(41-14-20(42)6-5-19(41)15-44-31(26)37-28)39-32(38-29)45-16-33-8-3-9-40(33)13-18(34)12-33/h1,4,7,10-11,18-20,42-43H,3,5-6,8-9,12-16H2/t18-,19-,20-,33+/m1/s1. The van der Waals surface area contributed by atoms with Gasteiger partial charge >= 0.3 is 6.01 Å². The Kier molecular flexibility index (Phi) is 6.48. The molecule has 0 saturated carbocycles. The number of piperidine rings is 1. The van der Waals surface area contributed by atoms with Gasteiger partial charge in [0.2, 0.25) is 5.88 Å². The summed E-state index contributed by atoms with van der Waals surface area (Å²) in [5.41, 5.74) is -0.911. The zero-order chi connectivity index (χ0) is 31.0. The van der Waals surface area contributed by atoms with Crippen LogP contribution in [0.5, 0.6) is 17.6 Å². The van der Waals surface area contributed by atoms with Gasteiger partial charge in [0.1, 0.15) is 53.4 Å².